The first kappa shape index (κ1) is 39.2. The number of rotatable bonds is 2. The van der Waals surface area contributed by atoms with Crippen LogP contribution in [0.5, 0.6) is 0 Å². The molecular formula is C37H42N8O12. The Labute approximate surface area is 325 Å². The van der Waals surface area contributed by atoms with Crippen LogP contribution in [-0.4, -0.2) is 131 Å². The number of benzene rings is 2. The molecule has 6 aliphatic heterocycles. The molecule has 2 aromatic carbocycles. The van der Waals surface area contributed by atoms with Crippen LogP contribution in [-0.2, 0) is 41.5 Å². The Balaban J connectivity index is 0.000000174. The van der Waals surface area contributed by atoms with E-state index < -0.39 is 80.7 Å². The molecule has 302 valence electrons. The van der Waals surface area contributed by atoms with Crippen molar-refractivity contribution in [3.8, 4) is 0 Å². The lowest BCUT2D eigenvalue weighted by Crippen LogP contribution is -2.75. The highest BCUT2D eigenvalue weighted by Crippen LogP contribution is 2.50. The predicted molar refractivity (Wildman–Crippen MR) is 198 cm³/mol. The number of nitro groups is 2. The van der Waals surface area contributed by atoms with E-state index in [2.05, 4.69) is 5.32 Å². The van der Waals surface area contributed by atoms with Gasteiger partial charge in [0.15, 0.2) is 10.8 Å². The number of nitro benzene ring substituents is 2. The molecular weight excluding hydrogens is 748 g/mol. The highest BCUT2D eigenvalue weighted by molar-refractivity contribution is 6.21. The molecule has 6 aliphatic rings. The summed E-state index contributed by atoms with van der Waals surface area (Å²) >= 11 is 0. The summed E-state index contributed by atoms with van der Waals surface area (Å²) in [6, 6.07) is 6.21. The summed E-state index contributed by atoms with van der Waals surface area (Å²) in [7, 11) is 4.01. The number of nitrogens with zero attached hydrogens (tertiary/aromatic N) is 7. The first-order valence-corrected chi connectivity index (χ1v) is 18.4. The van der Waals surface area contributed by atoms with Crippen LogP contribution < -0.4 is 15.1 Å². The van der Waals surface area contributed by atoms with E-state index >= 15 is 0 Å². The molecule has 0 aromatic heterocycles. The lowest BCUT2D eigenvalue weighted by Gasteiger charge is -2.57. The Morgan fingerprint density at radius 1 is 0.649 bits per heavy atom. The second-order valence-electron chi connectivity index (χ2n) is 15.6. The number of hydrogen-bond donors (Lipinski definition) is 1. The molecule has 4 saturated heterocycles. The number of amides is 8. The van der Waals surface area contributed by atoms with Crippen molar-refractivity contribution in [2.24, 2.45) is 10.8 Å². The van der Waals surface area contributed by atoms with Crippen molar-refractivity contribution >= 4 is 58.4 Å². The van der Waals surface area contributed by atoms with Gasteiger partial charge in [-0.25, -0.2) is 9.59 Å². The molecule has 8 rings (SSSR count). The number of non-ortho nitro benzene ring substituents is 2. The Morgan fingerprint density at radius 2 is 1.05 bits per heavy atom. The molecule has 2 aromatic rings. The summed E-state index contributed by atoms with van der Waals surface area (Å²) in [6.07, 6.45) is -1.34. The standard InChI is InChI=1S/C19H22N4O6.C18H20N4O6/c1-10-9-22-14-6-5-13(23(27)28)7-12(14)8-19(15(22)11(2)29-10)16(24)20(3)18(26)21(4)17(19)25;1-9-8-21-13-5-4-12(22(26)27)6-11(13)7-18(14(21)10(2)28-9)15(23)19-17(25)20(3)16(18)24/h5-7,10-11,15H,8-9H2,1-4H3;4-6,9-10,14H,7-8H2,1-3H3,(H,19,23,25)/t10-,11+,15-;9-,10+,14-,18?/m11/s1. The molecule has 2 spiro atoms. The Bertz CT molecular complexity index is 2140. The van der Waals surface area contributed by atoms with Crippen LogP contribution in [0.25, 0.3) is 0 Å². The van der Waals surface area contributed by atoms with Crippen molar-refractivity contribution in [1.29, 1.82) is 0 Å². The van der Waals surface area contributed by atoms with Gasteiger partial charge in [-0.05, 0) is 51.0 Å². The molecule has 4 fully saturated rings. The fourth-order valence-electron chi connectivity index (χ4n) is 9.80. The predicted octanol–water partition coefficient (Wildman–Crippen LogP) is 2.00. The van der Waals surface area contributed by atoms with E-state index in [-0.39, 0.29) is 36.4 Å². The number of hydrogen-bond acceptors (Lipinski definition) is 14. The minimum absolute atomic E-state index is 0.0348. The number of imide groups is 4. The lowest BCUT2D eigenvalue weighted by molar-refractivity contribution is -0.385. The maximum Gasteiger partial charge on any atom is 0.332 e. The topological polar surface area (TPSA) is 235 Å². The molecule has 0 bridgehead atoms. The normalized spacial score (nSPS) is 30.3. The fourth-order valence-corrected chi connectivity index (χ4v) is 9.80. The van der Waals surface area contributed by atoms with Crippen molar-refractivity contribution in [3.63, 3.8) is 0 Å². The fraction of sp³-hybridized carbons (Fsp3) is 0.514. The van der Waals surface area contributed by atoms with Crippen molar-refractivity contribution in [3.05, 3.63) is 67.8 Å². The minimum atomic E-state index is -1.61. The molecule has 1 unspecified atom stereocenters. The van der Waals surface area contributed by atoms with Gasteiger partial charge in [0.25, 0.3) is 11.4 Å². The van der Waals surface area contributed by atoms with Crippen LogP contribution in [0.15, 0.2) is 36.4 Å². The largest absolute Gasteiger partial charge is 0.372 e. The van der Waals surface area contributed by atoms with Gasteiger partial charge in [-0.1, -0.05) is 0 Å². The quantitative estimate of drug-likeness (QED) is 0.260. The van der Waals surface area contributed by atoms with Crippen LogP contribution in [0.4, 0.5) is 32.3 Å². The number of fused-ring (bicyclic) bond motifs is 8. The molecule has 7 atom stereocenters. The number of nitrogens with one attached hydrogen (secondary N) is 1. The minimum Gasteiger partial charge on any atom is -0.372 e. The molecule has 1 N–H and O–H groups in total. The van der Waals surface area contributed by atoms with E-state index in [1.807, 2.05) is 30.6 Å². The summed E-state index contributed by atoms with van der Waals surface area (Å²) in [5, 5.41) is 24.8. The zero-order chi connectivity index (χ0) is 41.6. The van der Waals surface area contributed by atoms with Gasteiger partial charge in [0.05, 0.1) is 46.3 Å². The molecule has 0 radical (unpaired) electrons. The Morgan fingerprint density at radius 3 is 1.49 bits per heavy atom. The van der Waals surface area contributed by atoms with Crippen LogP contribution in [0.3, 0.4) is 0 Å². The number of urea groups is 2. The van der Waals surface area contributed by atoms with Gasteiger partial charge in [0.1, 0.15) is 0 Å². The number of anilines is 2. The maximum atomic E-state index is 13.4. The lowest BCUT2D eigenvalue weighted by atomic mass is 9.66. The first-order chi connectivity index (χ1) is 26.8. The molecule has 8 amide bonds. The highest BCUT2D eigenvalue weighted by atomic mass is 16.6. The first-order valence-electron chi connectivity index (χ1n) is 18.4. The molecule has 0 aliphatic carbocycles. The van der Waals surface area contributed by atoms with Crippen molar-refractivity contribution in [2.45, 2.75) is 77.0 Å². The average Bonchev–Trinajstić information content (AvgIpc) is 3.16. The van der Waals surface area contributed by atoms with Gasteiger partial charge in [-0.3, -0.25) is 59.4 Å². The summed E-state index contributed by atoms with van der Waals surface area (Å²) in [5.74, 6) is -2.54. The van der Waals surface area contributed by atoms with Crippen LogP contribution in [0, 0.1) is 31.1 Å². The van der Waals surface area contributed by atoms with Crippen molar-refractivity contribution in [2.75, 3.05) is 44.0 Å². The summed E-state index contributed by atoms with van der Waals surface area (Å²) in [4.78, 5) is 106. The highest BCUT2D eigenvalue weighted by Gasteiger charge is 2.66. The SMILES string of the molecule is C[C@@H]1CN2c3ccc([N+](=O)[O-])cc3CC3(C(=O)N(C)C(=O)N(C)C3=O)[C@H]2[C@H](C)O1.C[C@@H]1CN2c3ccc([N+](=O)[O-])cc3CC3(C(=O)NC(=O)N(C)C3=O)[C@H]2[C@H](C)O1. The van der Waals surface area contributed by atoms with E-state index in [0.29, 0.717) is 24.2 Å². The summed E-state index contributed by atoms with van der Waals surface area (Å²) in [5.41, 5.74) is -0.883. The van der Waals surface area contributed by atoms with E-state index in [4.69, 9.17) is 9.47 Å². The third-order valence-electron chi connectivity index (χ3n) is 12.0. The van der Waals surface area contributed by atoms with Crippen LogP contribution in [0.2, 0.25) is 0 Å². The van der Waals surface area contributed by atoms with Gasteiger partial charge in [-0.15, -0.1) is 0 Å². The van der Waals surface area contributed by atoms with E-state index in [0.717, 1.165) is 26.1 Å². The molecule has 6 heterocycles. The second-order valence-corrected chi connectivity index (χ2v) is 15.6. The van der Waals surface area contributed by atoms with Gasteiger partial charge in [0, 0.05) is 82.7 Å². The van der Waals surface area contributed by atoms with Crippen LogP contribution >= 0.6 is 0 Å². The van der Waals surface area contributed by atoms with Gasteiger partial charge in [0.2, 0.25) is 23.6 Å². The zero-order valence-electron chi connectivity index (χ0n) is 32.3. The van der Waals surface area contributed by atoms with Crippen LogP contribution in [0.1, 0.15) is 38.8 Å². The smallest absolute Gasteiger partial charge is 0.332 e. The van der Waals surface area contributed by atoms with Gasteiger partial charge >= 0.3 is 12.1 Å². The van der Waals surface area contributed by atoms with Gasteiger partial charge < -0.3 is 19.3 Å². The van der Waals surface area contributed by atoms with E-state index in [1.54, 1.807) is 19.1 Å². The third kappa shape index (κ3) is 5.71. The van der Waals surface area contributed by atoms with Gasteiger partial charge in [-0.2, -0.15) is 0 Å². The average molecular weight is 791 g/mol. The number of morpholine rings is 2. The Hall–Kier alpha value is -6.02. The zero-order valence-corrected chi connectivity index (χ0v) is 32.3. The number of ether oxygens (including phenoxy) is 2. The maximum absolute atomic E-state index is 13.4. The molecule has 0 saturated carbocycles. The van der Waals surface area contributed by atoms with E-state index in [9.17, 15) is 49.0 Å². The Kier molecular flexibility index (Phi) is 9.34. The number of barbiturate groups is 2. The number of carbonyl (C=O) groups excluding carboxylic acids is 6. The van der Waals surface area contributed by atoms with Crippen molar-refractivity contribution in [1.82, 2.24) is 20.0 Å². The summed E-state index contributed by atoms with van der Waals surface area (Å²) in [6.45, 7) is 8.22. The monoisotopic (exact) mass is 790 g/mol. The van der Waals surface area contributed by atoms with Crippen molar-refractivity contribution < 1.29 is 48.1 Å². The van der Waals surface area contributed by atoms with E-state index in [1.165, 1.54) is 45.4 Å². The third-order valence-corrected chi connectivity index (χ3v) is 12.0. The molecule has 57 heavy (non-hydrogen) atoms. The number of carbonyl (C=O) groups is 6. The molecule has 20 heteroatoms. The molecule has 20 nitrogen and oxygen atoms in total. The summed E-state index contributed by atoms with van der Waals surface area (Å²) < 4.78 is 11.9. The second kappa shape index (κ2) is 13.6.